The van der Waals surface area contributed by atoms with Crippen LogP contribution in [0.4, 0.5) is 14.5 Å². The van der Waals surface area contributed by atoms with Crippen molar-refractivity contribution >= 4 is 17.2 Å². The average Bonchev–Trinajstić information content (AvgIpc) is 2.89. The minimum atomic E-state index is -1.00. The summed E-state index contributed by atoms with van der Waals surface area (Å²) in [5, 5.41) is 2.60. The lowest BCUT2D eigenvalue weighted by Crippen LogP contribution is -2.16. The van der Waals surface area contributed by atoms with Crippen LogP contribution in [-0.4, -0.2) is 15.3 Å². The lowest BCUT2D eigenvalue weighted by atomic mass is 10.2. The first-order chi connectivity index (χ1) is 11.1. The predicted octanol–water partition coefficient (Wildman–Crippen LogP) is 3.82. The van der Waals surface area contributed by atoms with Gasteiger partial charge in [0.15, 0.2) is 11.6 Å². The number of nitrogens with zero attached hydrogens (tertiary/aromatic N) is 2. The summed E-state index contributed by atoms with van der Waals surface area (Å²) in [7, 11) is 0. The second-order valence-electron chi connectivity index (χ2n) is 5.17. The van der Waals surface area contributed by atoms with E-state index in [2.05, 4.69) is 10.3 Å². The van der Waals surface area contributed by atoms with Crippen LogP contribution in [0.1, 0.15) is 29.5 Å². The van der Waals surface area contributed by atoms with Crippen molar-refractivity contribution < 1.29 is 13.6 Å². The fourth-order valence-electron chi connectivity index (χ4n) is 2.46. The average molecular weight is 315 g/mol. The number of hydrogen-bond donors (Lipinski definition) is 1. The number of benzene rings is 1. The lowest BCUT2D eigenvalue weighted by molar-refractivity contribution is 0.102. The van der Waals surface area contributed by atoms with Crippen molar-refractivity contribution in [1.82, 2.24) is 9.38 Å². The molecule has 1 N–H and O–H groups in total. The molecule has 2 aromatic heterocycles. The zero-order chi connectivity index (χ0) is 16.4. The van der Waals surface area contributed by atoms with E-state index in [0.717, 1.165) is 18.6 Å². The minimum absolute atomic E-state index is 0.197. The Balaban J connectivity index is 1.99. The van der Waals surface area contributed by atoms with Crippen molar-refractivity contribution in [2.24, 2.45) is 0 Å². The molecule has 0 aliphatic heterocycles. The second-order valence-corrected chi connectivity index (χ2v) is 5.17. The van der Waals surface area contributed by atoms with E-state index in [4.69, 9.17) is 0 Å². The second kappa shape index (κ2) is 6.16. The van der Waals surface area contributed by atoms with Crippen molar-refractivity contribution in [1.29, 1.82) is 0 Å². The fourth-order valence-corrected chi connectivity index (χ4v) is 2.46. The van der Waals surface area contributed by atoms with Crippen molar-refractivity contribution in [3.63, 3.8) is 0 Å². The number of pyridine rings is 1. The van der Waals surface area contributed by atoms with Crippen LogP contribution in [0.2, 0.25) is 0 Å². The van der Waals surface area contributed by atoms with E-state index in [0.29, 0.717) is 23.5 Å². The van der Waals surface area contributed by atoms with Gasteiger partial charge in [-0.1, -0.05) is 19.4 Å². The summed E-state index contributed by atoms with van der Waals surface area (Å²) in [6.45, 7) is 2.00. The van der Waals surface area contributed by atoms with Gasteiger partial charge in [-0.2, -0.15) is 0 Å². The van der Waals surface area contributed by atoms with Gasteiger partial charge in [0.1, 0.15) is 11.3 Å². The third-order valence-electron chi connectivity index (χ3n) is 3.48. The van der Waals surface area contributed by atoms with Gasteiger partial charge in [-0.15, -0.1) is 0 Å². The summed E-state index contributed by atoms with van der Waals surface area (Å²) in [6, 6.07) is 8.71. The van der Waals surface area contributed by atoms with Gasteiger partial charge in [-0.05, 0) is 30.7 Å². The monoisotopic (exact) mass is 315 g/mol. The number of amides is 1. The highest BCUT2D eigenvalue weighted by atomic mass is 19.2. The van der Waals surface area contributed by atoms with Crippen LogP contribution in [0.3, 0.4) is 0 Å². The molecule has 1 aromatic carbocycles. The number of fused-ring (bicyclic) bond motifs is 1. The lowest BCUT2D eigenvalue weighted by Gasteiger charge is -2.07. The van der Waals surface area contributed by atoms with E-state index < -0.39 is 17.5 Å². The maximum atomic E-state index is 13.3. The molecule has 0 aliphatic rings. The number of halogens is 2. The summed E-state index contributed by atoms with van der Waals surface area (Å²) < 4.78 is 28.0. The predicted molar refractivity (Wildman–Crippen MR) is 83.5 cm³/mol. The summed E-state index contributed by atoms with van der Waals surface area (Å²) in [5.41, 5.74) is 1.96. The fraction of sp³-hybridized carbons (Fsp3) is 0.176. The molecule has 3 rings (SSSR count). The molecule has 118 valence electrons. The van der Waals surface area contributed by atoms with Gasteiger partial charge >= 0.3 is 0 Å². The van der Waals surface area contributed by atoms with E-state index in [9.17, 15) is 13.6 Å². The van der Waals surface area contributed by atoms with E-state index in [1.807, 2.05) is 19.1 Å². The van der Waals surface area contributed by atoms with Crippen LogP contribution in [0.5, 0.6) is 0 Å². The van der Waals surface area contributed by atoms with E-state index >= 15 is 0 Å². The number of nitrogens with one attached hydrogen (secondary N) is 1. The van der Waals surface area contributed by atoms with Crippen LogP contribution in [0.15, 0.2) is 42.6 Å². The number of aromatic nitrogens is 2. The Hall–Kier alpha value is -2.76. The Morgan fingerprint density at radius 2 is 2.04 bits per heavy atom. The maximum Gasteiger partial charge on any atom is 0.274 e. The summed E-state index contributed by atoms with van der Waals surface area (Å²) in [6.07, 6.45) is 3.25. The molecule has 0 saturated heterocycles. The summed E-state index contributed by atoms with van der Waals surface area (Å²) >= 11 is 0. The van der Waals surface area contributed by atoms with E-state index in [1.54, 1.807) is 16.7 Å². The number of imidazole rings is 1. The minimum Gasteiger partial charge on any atom is -0.321 e. The Bertz CT molecular complexity index is 873. The van der Waals surface area contributed by atoms with Crippen LogP contribution >= 0.6 is 0 Å². The highest BCUT2D eigenvalue weighted by Gasteiger charge is 2.19. The molecule has 4 nitrogen and oxygen atoms in total. The molecule has 1 amide bonds. The molecule has 0 fully saturated rings. The largest absolute Gasteiger partial charge is 0.321 e. The number of anilines is 1. The van der Waals surface area contributed by atoms with Crippen molar-refractivity contribution in [3.05, 3.63) is 65.6 Å². The smallest absolute Gasteiger partial charge is 0.274 e. The molecule has 6 heteroatoms. The third kappa shape index (κ3) is 2.92. The van der Waals surface area contributed by atoms with Gasteiger partial charge in [0.05, 0.1) is 5.69 Å². The van der Waals surface area contributed by atoms with Crippen LogP contribution < -0.4 is 5.32 Å². The van der Waals surface area contributed by atoms with Crippen molar-refractivity contribution in [2.45, 2.75) is 19.8 Å². The topological polar surface area (TPSA) is 46.4 Å². The molecule has 0 radical (unpaired) electrons. The normalized spacial score (nSPS) is 10.9. The Morgan fingerprint density at radius 1 is 1.22 bits per heavy atom. The molecule has 0 atom stereocenters. The molecule has 0 bridgehead atoms. The van der Waals surface area contributed by atoms with Gasteiger partial charge in [0, 0.05) is 18.0 Å². The first-order valence-corrected chi connectivity index (χ1v) is 7.32. The molecule has 2 heterocycles. The summed E-state index contributed by atoms with van der Waals surface area (Å²) in [5.74, 6) is -2.36. The number of rotatable bonds is 4. The van der Waals surface area contributed by atoms with Gasteiger partial charge in [0.2, 0.25) is 0 Å². The van der Waals surface area contributed by atoms with Crippen LogP contribution in [0, 0.1) is 11.6 Å². The molecule has 23 heavy (non-hydrogen) atoms. The highest BCUT2D eigenvalue weighted by Crippen LogP contribution is 2.18. The molecule has 0 saturated carbocycles. The van der Waals surface area contributed by atoms with Gasteiger partial charge < -0.3 is 5.32 Å². The molecular formula is C17H15F2N3O. The standard InChI is InChI=1S/C17H15F2N3O/c1-2-5-14-16(22-9-4-3-6-15(22)21-14)17(23)20-11-7-8-12(18)13(19)10-11/h3-4,6-10H,2,5H2,1H3,(H,20,23). The number of carbonyl (C=O) groups is 1. The van der Waals surface area contributed by atoms with Crippen molar-refractivity contribution in [3.8, 4) is 0 Å². The molecule has 0 spiro atoms. The zero-order valence-electron chi connectivity index (χ0n) is 12.5. The first-order valence-electron chi connectivity index (χ1n) is 7.32. The first kappa shape index (κ1) is 15.1. The van der Waals surface area contributed by atoms with Gasteiger partial charge in [0.25, 0.3) is 5.91 Å². The summed E-state index contributed by atoms with van der Waals surface area (Å²) in [4.78, 5) is 17.1. The van der Waals surface area contributed by atoms with Gasteiger partial charge in [-0.25, -0.2) is 13.8 Å². The molecule has 3 aromatic rings. The quantitative estimate of drug-likeness (QED) is 0.795. The molecular weight excluding hydrogens is 300 g/mol. The highest BCUT2D eigenvalue weighted by molar-refractivity contribution is 6.04. The Morgan fingerprint density at radius 3 is 2.78 bits per heavy atom. The molecule has 0 aliphatic carbocycles. The third-order valence-corrected chi connectivity index (χ3v) is 3.48. The van der Waals surface area contributed by atoms with Crippen molar-refractivity contribution in [2.75, 3.05) is 5.32 Å². The number of aryl methyl sites for hydroxylation is 1. The molecule has 0 unspecified atom stereocenters. The van der Waals surface area contributed by atoms with E-state index in [1.165, 1.54) is 6.07 Å². The van der Waals surface area contributed by atoms with E-state index in [-0.39, 0.29) is 5.69 Å². The maximum absolute atomic E-state index is 13.3. The van der Waals surface area contributed by atoms with Gasteiger partial charge in [-0.3, -0.25) is 9.20 Å². The Labute approximate surface area is 131 Å². The van der Waals surface area contributed by atoms with Crippen LogP contribution in [0.25, 0.3) is 5.65 Å². The SMILES string of the molecule is CCCc1nc2ccccn2c1C(=O)Nc1ccc(F)c(F)c1. The van der Waals surface area contributed by atoms with Crippen LogP contribution in [-0.2, 0) is 6.42 Å². The zero-order valence-corrected chi connectivity index (χ0v) is 12.5. The number of carbonyl (C=O) groups excluding carboxylic acids is 1. The Kier molecular flexibility index (Phi) is 4.06. The number of hydrogen-bond acceptors (Lipinski definition) is 2.